The van der Waals surface area contributed by atoms with Crippen molar-refractivity contribution in [2.75, 3.05) is 32.7 Å². The molecule has 1 saturated heterocycles. The fourth-order valence-electron chi connectivity index (χ4n) is 4.64. The maximum atomic E-state index is 3.45. The van der Waals surface area contributed by atoms with Gasteiger partial charge in [0.1, 0.15) is 0 Å². The molecule has 0 spiro atoms. The van der Waals surface area contributed by atoms with Gasteiger partial charge < -0.3 is 10.2 Å². The summed E-state index contributed by atoms with van der Waals surface area (Å²) in [6.07, 6.45) is 6.79. The lowest BCUT2D eigenvalue weighted by Crippen LogP contribution is -2.44. The molecule has 1 heterocycles. The molecule has 0 bridgehead atoms. The molecule has 1 aliphatic heterocycles. The first kappa shape index (κ1) is 17.9. The minimum atomic E-state index is 0.479. The Morgan fingerprint density at radius 3 is 2.33 bits per heavy atom. The van der Waals surface area contributed by atoms with Gasteiger partial charge in [0.25, 0.3) is 0 Å². The number of hydrogen-bond donors (Lipinski definition) is 1. The van der Waals surface area contributed by atoms with Crippen molar-refractivity contribution in [2.45, 2.75) is 58.8 Å². The minimum Gasteiger partial charge on any atom is -0.314 e. The first-order valence-corrected chi connectivity index (χ1v) is 10.0. The molecule has 1 aromatic rings. The Morgan fingerprint density at radius 2 is 1.67 bits per heavy atom. The van der Waals surface area contributed by atoms with E-state index in [1.54, 1.807) is 11.1 Å². The molecule has 2 fully saturated rings. The summed E-state index contributed by atoms with van der Waals surface area (Å²) in [7, 11) is 0. The van der Waals surface area contributed by atoms with E-state index in [0.717, 1.165) is 24.9 Å². The van der Waals surface area contributed by atoms with E-state index < -0.39 is 0 Å². The normalized spacial score (nSPS) is 26.5. The zero-order chi connectivity index (χ0) is 17.0. The van der Waals surface area contributed by atoms with Crippen molar-refractivity contribution < 1.29 is 0 Å². The smallest absolute Gasteiger partial charge is 0.0108 e. The molecule has 0 atom stereocenters. The second-order valence-electron chi connectivity index (χ2n) is 8.96. The van der Waals surface area contributed by atoms with Crippen LogP contribution in [-0.2, 0) is 6.42 Å². The fourth-order valence-corrected chi connectivity index (χ4v) is 4.64. The number of benzene rings is 1. The molecule has 2 nitrogen and oxygen atoms in total. The van der Waals surface area contributed by atoms with E-state index >= 15 is 0 Å². The van der Waals surface area contributed by atoms with E-state index in [4.69, 9.17) is 0 Å². The van der Waals surface area contributed by atoms with E-state index in [1.807, 2.05) is 0 Å². The quantitative estimate of drug-likeness (QED) is 0.878. The first-order valence-electron chi connectivity index (χ1n) is 10.0. The van der Waals surface area contributed by atoms with E-state index in [1.165, 1.54) is 51.7 Å². The van der Waals surface area contributed by atoms with Crippen LogP contribution < -0.4 is 5.32 Å². The van der Waals surface area contributed by atoms with Gasteiger partial charge in [-0.3, -0.25) is 0 Å². The lowest BCUT2D eigenvalue weighted by Gasteiger charge is -2.37. The predicted octanol–water partition coefficient (Wildman–Crippen LogP) is 4.45. The van der Waals surface area contributed by atoms with E-state index in [-0.39, 0.29) is 0 Å². The molecule has 2 aliphatic rings. The molecule has 1 saturated carbocycles. The topological polar surface area (TPSA) is 15.3 Å². The van der Waals surface area contributed by atoms with Gasteiger partial charge in [-0.15, -0.1) is 0 Å². The Labute approximate surface area is 149 Å². The Morgan fingerprint density at radius 1 is 1.00 bits per heavy atom. The Hall–Kier alpha value is -0.860. The van der Waals surface area contributed by atoms with Crippen molar-refractivity contribution in [2.24, 2.45) is 11.3 Å². The number of hydrogen-bond acceptors (Lipinski definition) is 2. The lowest BCUT2D eigenvalue weighted by molar-refractivity contribution is 0.169. The molecule has 1 N–H and O–H groups in total. The number of nitrogens with zero attached hydrogens (tertiary/aromatic N) is 1. The molecule has 0 aromatic heterocycles. The van der Waals surface area contributed by atoms with Crippen LogP contribution in [0.4, 0.5) is 0 Å². The third-order valence-corrected chi connectivity index (χ3v) is 6.35. The summed E-state index contributed by atoms with van der Waals surface area (Å²) in [6.45, 7) is 13.2. The number of rotatable bonds is 4. The van der Waals surface area contributed by atoms with Crippen LogP contribution in [0.15, 0.2) is 24.3 Å². The summed E-state index contributed by atoms with van der Waals surface area (Å²) < 4.78 is 0. The number of piperazine rings is 1. The van der Waals surface area contributed by atoms with Gasteiger partial charge in [-0.2, -0.15) is 0 Å². The van der Waals surface area contributed by atoms with Gasteiger partial charge >= 0.3 is 0 Å². The summed E-state index contributed by atoms with van der Waals surface area (Å²) in [4.78, 5) is 2.61. The van der Waals surface area contributed by atoms with Gasteiger partial charge in [0.15, 0.2) is 0 Å². The second-order valence-corrected chi connectivity index (χ2v) is 8.96. The van der Waals surface area contributed by atoms with Crippen LogP contribution in [0.5, 0.6) is 0 Å². The highest BCUT2D eigenvalue weighted by molar-refractivity contribution is 5.31. The Balaban J connectivity index is 1.60. The van der Waals surface area contributed by atoms with Crippen LogP contribution in [0, 0.1) is 11.3 Å². The average molecular weight is 329 g/mol. The summed E-state index contributed by atoms with van der Waals surface area (Å²) in [5, 5.41) is 3.45. The zero-order valence-electron chi connectivity index (χ0n) is 16.0. The molecule has 0 radical (unpaired) electrons. The lowest BCUT2D eigenvalue weighted by atomic mass is 9.68. The maximum absolute atomic E-state index is 3.45. The standard InChI is InChI=1S/C22H36N2/c1-22(2,3)20-10-8-19(9-11-20)21-7-5-4-6-18(21)12-15-24-16-13-23-14-17-24/h4-7,19-20,23H,8-17H2,1-3H3. The van der Waals surface area contributed by atoms with Crippen LogP contribution >= 0.6 is 0 Å². The molecule has 2 heteroatoms. The largest absolute Gasteiger partial charge is 0.314 e. The van der Waals surface area contributed by atoms with Crippen LogP contribution in [0.3, 0.4) is 0 Å². The highest BCUT2D eigenvalue weighted by atomic mass is 15.2. The van der Waals surface area contributed by atoms with Crippen molar-refractivity contribution in [3.05, 3.63) is 35.4 Å². The molecule has 24 heavy (non-hydrogen) atoms. The number of nitrogens with one attached hydrogen (secondary N) is 1. The molecule has 3 rings (SSSR count). The van der Waals surface area contributed by atoms with Gasteiger partial charge in [0.2, 0.25) is 0 Å². The predicted molar refractivity (Wildman–Crippen MR) is 104 cm³/mol. The van der Waals surface area contributed by atoms with Crippen molar-refractivity contribution >= 4 is 0 Å². The Bertz CT molecular complexity index is 503. The van der Waals surface area contributed by atoms with Gasteiger partial charge in [0.05, 0.1) is 0 Å². The van der Waals surface area contributed by atoms with E-state index in [2.05, 4.69) is 55.3 Å². The molecule has 1 aliphatic carbocycles. The molecule has 0 amide bonds. The molecule has 1 aromatic carbocycles. The van der Waals surface area contributed by atoms with E-state index in [0.29, 0.717) is 5.41 Å². The molecule has 0 unspecified atom stereocenters. The third-order valence-electron chi connectivity index (χ3n) is 6.35. The van der Waals surface area contributed by atoms with Crippen molar-refractivity contribution in [1.29, 1.82) is 0 Å². The van der Waals surface area contributed by atoms with Crippen LogP contribution in [0.1, 0.15) is 63.5 Å². The molecular formula is C22H36N2. The first-order chi connectivity index (χ1) is 11.5. The summed E-state index contributed by atoms with van der Waals surface area (Å²) >= 11 is 0. The van der Waals surface area contributed by atoms with Crippen LogP contribution in [-0.4, -0.2) is 37.6 Å². The highest BCUT2D eigenvalue weighted by Gasteiger charge is 2.30. The van der Waals surface area contributed by atoms with Gasteiger partial charge in [-0.25, -0.2) is 0 Å². The van der Waals surface area contributed by atoms with Crippen molar-refractivity contribution in [3.8, 4) is 0 Å². The summed E-state index contributed by atoms with van der Waals surface area (Å²) in [5.41, 5.74) is 3.74. The SMILES string of the molecule is CC(C)(C)C1CCC(c2ccccc2CCN2CCNCC2)CC1. The average Bonchev–Trinajstić information content (AvgIpc) is 2.60. The van der Waals surface area contributed by atoms with Gasteiger partial charge in [-0.05, 0) is 60.5 Å². The Kier molecular flexibility index (Phi) is 5.99. The molecular weight excluding hydrogens is 292 g/mol. The third kappa shape index (κ3) is 4.61. The molecule has 134 valence electrons. The maximum Gasteiger partial charge on any atom is 0.0108 e. The highest BCUT2D eigenvalue weighted by Crippen LogP contribution is 2.43. The van der Waals surface area contributed by atoms with Crippen LogP contribution in [0.2, 0.25) is 0 Å². The van der Waals surface area contributed by atoms with Crippen molar-refractivity contribution in [1.82, 2.24) is 10.2 Å². The summed E-state index contributed by atoms with van der Waals surface area (Å²) in [5.74, 6) is 1.70. The van der Waals surface area contributed by atoms with Crippen molar-refractivity contribution in [3.63, 3.8) is 0 Å². The monoisotopic (exact) mass is 328 g/mol. The minimum absolute atomic E-state index is 0.479. The van der Waals surface area contributed by atoms with Crippen LogP contribution in [0.25, 0.3) is 0 Å². The van der Waals surface area contributed by atoms with Gasteiger partial charge in [0, 0.05) is 32.7 Å². The summed E-state index contributed by atoms with van der Waals surface area (Å²) in [6, 6.07) is 9.28. The van der Waals surface area contributed by atoms with E-state index in [9.17, 15) is 0 Å². The fraction of sp³-hybridized carbons (Fsp3) is 0.727. The second kappa shape index (κ2) is 8.01. The zero-order valence-corrected chi connectivity index (χ0v) is 16.0. The van der Waals surface area contributed by atoms with Gasteiger partial charge in [-0.1, -0.05) is 45.0 Å².